The molecule has 0 saturated heterocycles. The molecular weight excluding hydrogens is 224 g/mol. The van der Waals surface area contributed by atoms with Crippen LogP contribution in [-0.2, 0) is 0 Å². The van der Waals surface area contributed by atoms with E-state index in [0.717, 1.165) is 23.3 Å². The monoisotopic (exact) mass is 242 g/mol. The predicted molar refractivity (Wildman–Crippen MR) is 72.7 cm³/mol. The average Bonchev–Trinajstić information content (AvgIpc) is 2.45. The molecule has 0 fully saturated rings. The topological polar surface area (TPSA) is 29.5 Å². The van der Waals surface area contributed by atoms with Crippen LogP contribution in [0.4, 0.5) is 0 Å². The van der Waals surface area contributed by atoms with E-state index >= 15 is 0 Å². The van der Waals surface area contributed by atoms with E-state index in [4.69, 9.17) is 4.74 Å². The van der Waals surface area contributed by atoms with Crippen molar-refractivity contribution in [3.63, 3.8) is 0 Å². The molecule has 0 aromatic heterocycles. The first kappa shape index (κ1) is 12.7. The highest BCUT2D eigenvalue weighted by atomic mass is 16.5. The lowest BCUT2D eigenvalue weighted by molar-refractivity contribution is 0.219. The van der Waals surface area contributed by atoms with E-state index in [9.17, 15) is 5.11 Å². The maximum atomic E-state index is 10.3. The number of hydrogen-bond acceptors (Lipinski definition) is 2. The highest BCUT2D eigenvalue weighted by Crippen LogP contribution is 2.24. The van der Waals surface area contributed by atoms with E-state index in [-0.39, 0.29) is 0 Å². The van der Waals surface area contributed by atoms with E-state index in [0.29, 0.717) is 6.61 Å². The maximum absolute atomic E-state index is 10.3. The van der Waals surface area contributed by atoms with Crippen molar-refractivity contribution in [3.8, 4) is 5.75 Å². The van der Waals surface area contributed by atoms with Crippen molar-refractivity contribution in [2.45, 2.75) is 19.4 Å². The quantitative estimate of drug-likeness (QED) is 0.868. The van der Waals surface area contributed by atoms with Crippen LogP contribution in [0.1, 0.15) is 30.6 Å². The Kier molecular flexibility index (Phi) is 4.37. The van der Waals surface area contributed by atoms with Gasteiger partial charge >= 0.3 is 0 Å². The van der Waals surface area contributed by atoms with Crippen molar-refractivity contribution in [2.75, 3.05) is 6.61 Å². The maximum Gasteiger partial charge on any atom is 0.119 e. The molecule has 94 valence electrons. The van der Waals surface area contributed by atoms with Crippen LogP contribution in [0.15, 0.2) is 54.6 Å². The van der Waals surface area contributed by atoms with Crippen LogP contribution < -0.4 is 4.74 Å². The van der Waals surface area contributed by atoms with Crippen molar-refractivity contribution in [1.29, 1.82) is 0 Å². The lowest BCUT2D eigenvalue weighted by Crippen LogP contribution is -2.01. The van der Waals surface area contributed by atoms with E-state index in [1.807, 2.05) is 54.6 Å². The molecule has 18 heavy (non-hydrogen) atoms. The van der Waals surface area contributed by atoms with E-state index in [2.05, 4.69) is 6.92 Å². The fourth-order valence-corrected chi connectivity index (χ4v) is 1.82. The molecule has 0 radical (unpaired) electrons. The van der Waals surface area contributed by atoms with Crippen LogP contribution in [0, 0.1) is 0 Å². The zero-order valence-corrected chi connectivity index (χ0v) is 10.5. The number of rotatable bonds is 5. The first-order chi connectivity index (χ1) is 8.81. The summed E-state index contributed by atoms with van der Waals surface area (Å²) in [5.74, 6) is 0.810. The first-order valence-corrected chi connectivity index (χ1v) is 6.27. The summed E-state index contributed by atoms with van der Waals surface area (Å²) < 4.78 is 5.57. The molecule has 0 amide bonds. The third-order valence-corrected chi connectivity index (χ3v) is 2.76. The Hall–Kier alpha value is -1.80. The van der Waals surface area contributed by atoms with Gasteiger partial charge in [-0.25, -0.2) is 0 Å². The van der Waals surface area contributed by atoms with Gasteiger partial charge in [-0.2, -0.15) is 0 Å². The molecule has 0 aliphatic rings. The molecule has 1 unspecified atom stereocenters. The van der Waals surface area contributed by atoms with Crippen molar-refractivity contribution < 1.29 is 9.84 Å². The third kappa shape index (κ3) is 3.11. The van der Waals surface area contributed by atoms with Crippen molar-refractivity contribution in [3.05, 3.63) is 65.7 Å². The van der Waals surface area contributed by atoms with Gasteiger partial charge in [0, 0.05) is 0 Å². The third-order valence-electron chi connectivity index (χ3n) is 2.76. The summed E-state index contributed by atoms with van der Waals surface area (Å²) in [5, 5.41) is 10.3. The van der Waals surface area contributed by atoms with Crippen LogP contribution >= 0.6 is 0 Å². The smallest absolute Gasteiger partial charge is 0.119 e. The summed E-state index contributed by atoms with van der Waals surface area (Å²) in [6, 6.07) is 17.3. The Bertz CT molecular complexity index is 479. The van der Waals surface area contributed by atoms with Crippen LogP contribution in [0.2, 0.25) is 0 Å². The molecule has 1 atom stereocenters. The van der Waals surface area contributed by atoms with Gasteiger partial charge in [-0.3, -0.25) is 0 Å². The van der Waals surface area contributed by atoms with Crippen LogP contribution in [0.25, 0.3) is 0 Å². The fourth-order valence-electron chi connectivity index (χ4n) is 1.82. The van der Waals surface area contributed by atoms with Crippen LogP contribution in [0.3, 0.4) is 0 Å². The van der Waals surface area contributed by atoms with Crippen LogP contribution in [0.5, 0.6) is 5.75 Å². The number of hydrogen-bond donors (Lipinski definition) is 1. The molecule has 2 aromatic rings. The fraction of sp³-hybridized carbons (Fsp3) is 0.250. The van der Waals surface area contributed by atoms with Gasteiger partial charge in [0.25, 0.3) is 0 Å². The van der Waals surface area contributed by atoms with Gasteiger partial charge in [-0.05, 0) is 29.7 Å². The summed E-state index contributed by atoms with van der Waals surface area (Å²) in [4.78, 5) is 0. The molecule has 0 aliphatic carbocycles. The SMILES string of the molecule is CCCOc1cccc(C(O)c2ccccc2)c1. The second kappa shape index (κ2) is 6.22. The van der Waals surface area contributed by atoms with E-state index in [1.54, 1.807) is 0 Å². The Morgan fingerprint density at radius 2 is 1.72 bits per heavy atom. The lowest BCUT2D eigenvalue weighted by Gasteiger charge is -2.13. The molecule has 0 aliphatic heterocycles. The second-order valence-corrected chi connectivity index (χ2v) is 4.23. The number of aliphatic hydroxyl groups excluding tert-OH is 1. The Labute approximate surface area is 108 Å². The minimum absolute atomic E-state index is 0.601. The summed E-state index contributed by atoms with van der Waals surface area (Å²) in [7, 11) is 0. The normalized spacial score (nSPS) is 12.1. The van der Waals surface area contributed by atoms with Crippen molar-refractivity contribution in [2.24, 2.45) is 0 Å². The van der Waals surface area contributed by atoms with Gasteiger partial charge in [0.15, 0.2) is 0 Å². The summed E-state index contributed by atoms with van der Waals surface area (Å²) >= 11 is 0. The molecule has 2 nitrogen and oxygen atoms in total. The zero-order chi connectivity index (χ0) is 12.8. The molecular formula is C16H18O2. The molecule has 0 spiro atoms. The Morgan fingerprint density at radius 1 is 1.00 bits per heavy atom. The van der Waals surface area contributed by atoms with Gasteiger partial charge in [0.05, 0.1) is 6.61 Å². The second-order valence-electron chi connectivity index (χ2n) is 4.23. The summed E-state index contributed by atoms with van der Waals surface area (Å²) in [5.41, 5.74) is 1.75. The Morgan fingerprint density at radius 3 is 2.44 bits per heavy atom. The predicted octanol–water partition coefficient (Wildman–Crippen LogP) is 3.56. The van der Waals surface area contributed by atoms with Gasteiger partial charge in [0.1, 0.15) is 11.9 Å². The molecule has 2 aromatic carbocycles. The highest BCUT2D eigenvalue weighted by Gasteiger charge is 2.10. The van der Waals surface area contributed by atoms with Gasteiger partial charge in [-0.1, -0.05) is 49.4 Å². The molecule has 1 N–H and O–H groups in total. The minimum atomic E-state index is -0.601. The number of aliphatic hydroxyl groups is 1. The van der Waals surface area contributed by atoms with Crippen LogP contribution in [-0.4, -0.2) is 11.7 Å². The van der Waals surface area contributed by atoms with Gasteiger partial charge in [-0.15, -0.1) is 0 Å². The number of ether oxygens (including phenoxy) is 1. The molecule has 0 bridgehead atoms. The Balaban J connectivity index is 2.17. The summed E-state index contributed by atoms with van der Waals surface area (Å²) in [6.45, 7) is 2.77. The van der Waals surface area contributed by atoms with Crippen molar-refractivity contribution in [1.82, 2.24) is 0 Å². The zero-order valence-electron chi connectivity index (χ0n) is 10.5. The standard InChI is InChI=1S/C16H18O2/c1-2-11-18-15-10-6-9-14(12-15)16(17)13-7-4-3-5-8-13/h3-10,12,16-17H,2,11H2,1H3. The van der Waals surface area contributed by atoms with E-state index < -0.39 is 6.10 Å². The molecule has 0 saturated carbocycles. The molecule has 2 rings (SSSR count). The first-order valence-electron chi connectivity index (χ1n) is 6.27. The van der Waals surface area contributed by atoms with Crippen molar-refractivity contribution >= 4 is 0 Å². The molecule has 2 heteroatoms. The minimum Gasteiger partial charge on any atom is -0.494 e. The average molecular weight is 242 g/mol. The van der Waals surface area contributed by atoms with Gasteiger partial charge < -0.3 is 9.84 Å². The molecule has 0 heterocycles. The summed E-state index contributed by atoms with van der Waals surface area (Å²) in [6.07, 6.45) is 0.377. The lowest BCUT2D eigenvalue weighted by atomic mass is 10.0. The van der Waals surface area contributed by atoms with Gasteiger partial charge in [0.2, 0.25) is 0 Å². The van der Waals surface area contributed by atoms with E-state index in [1.165, 1.54) is 0 Å². The highest BCUT2D eigenvalue weighted by molar-refractivity contribution is 5.35. The largest absolute Gasteiger partial charge is 0.494 e. The number of benzene rings is 2.